The molecular weight excluding hydrogens is 342 g/mol. The first kappa shape index (κ1) is 20.0. The van der Waals surface area contributed by atoms with Gasteiger partial charge in [0.1, 0.15) is 11.8 Å². The molecule has 0 saturated carbocycles. The molecule has 0 spiro atoms. The van der Waals surface area contributed by atoms with Gasteiger partial charge in [-0.25, -0.2) is 0 Å². The molecule has 0 radical (unpaired) electrons. The molecule has 0 saturated heterocycles. The number of methoxy groups -OCH3 is 1. The maximum absolute atomic E-state index is 12.2. The molecule has 0 unspecified atom stereocenters. The first-order valence-electron chi connectivity index (χ1n) is 8.71. The largest absolute Gasteiger partial charge is 0.497 e. The van der Waals surface area contributed by atoms with E-state index in [1.807, 2.05) is 30.3 Å². The van der Waals surface area contributed by atoms with Crippen molar-refractivity contribution in [2.24, 2.45) is 0 Å². The summed E-state index contributed by atoms with van der Waals surface area (Å²) in [5.41, 5.74) is 1.95. The molecule has 6 nitrogen and oxygen atoms in total. The van der Waals surface area contributed by atoms with E-state index in [4.69, 9.17) is 10.00 Å². The average molecular weight is 365 g/mol. The molecule has 0 fully saturated rings. The Hall–Kier alpha value is -3.33. The summed E-state index contributed by atoms with van der Waals surface area (Å²) in [6.45, 7) is 2.33. The third-order valence-electron chi connectivity index (χ3n) is 4.18. The maximum Gasteiger partial charge on any atom is 0.226 e. The minimum atomic E-state index is -0.231. The van der Waals surface area contributed by atoms with E-state index in [1.54, 1.807) is 36.3 Å². The predicted molar refractivity (Wildman–Crippen MR) is 103 cm³/mol. The molecule has 0 bridgehead atoms. The van der Waals surface area contributed by atoms with Gasteiger partial charge in [0.05, 0.1) is 18.4 Å². The maximum atomic E-state index is 12.2. The number of anilines is 1. The van der Waals surface area contributed by atoms with Crippen molar-refractivity contribution < 1.29 is 14.3 Å². The van der Waals surface area contributed by atoms with Crippen molar-refractivity contribution in [2.45, 2.75) is 19.8 Å². The van der Waals surface area contributed by atoms with Crippen molar-refractivity contribution in [1.82, 2.24) is 4.90 Å². The summed E-state index contributed by atoms with van der Waals surface area (Å²) in [5.74, 6) is 0.464. The number of hydrogen-bond acceptors (Lipinski definition) is 4. The number of nitriles is 1. The number of rotatable bonds is 8. The summed E-state index contributed by atoms with van der Waals surface area (Å²) in [5, 5.41) is 11.8. The lowest BCUT2D eigenvalue weighted by Crippen LogP contribution is -2.33. The van der Waals surface area contributed by atoms with E-state index < -0.39 is 0 Å². The zero-order chi connectivity index (χ0) is 19.6. The number of amides is 2. The first-order valence-corrected chi connectivity index (χ1v) is 8.71. The summed E-state index contributed by atoms with van der Waals surface area (Å²) >= 11 is 0. The Labute approximate surface area is 159 Å². The Kier molecular flexibility index (Phi) is 7.38. The van der Waals surface area contributed by atoms with Crippen LogP contribution in [0.3, 0.4) is 0 Å². The smallest absolute Gasteiger partial charge is 0.226 e. The van der Waals surface area contributed by atoms with Gasteiger partial charge in [-0.1, -0.05) is 24.3 Å². The number of carbonyl (C=O) groups is 2. The lowest BCUT2D eigenvalue weighted by molar-refractivity contribution is -0.129. The predicted octanol–water partition coefficient (Wildman–Crippen LogP) is 2.99. The van der Waals surface area contributed by atoms with Crippen LogP contribution in [-0.2, 0) is 16.0 Å². The first-order chi connectivity index (χ1) is 13.0. The van der Waals surface area contributed by atoms with E-state index in [0.29, 0.717) is 30.8 Å². The average Bonchev–Trinajstić information content (AvgIpc) is 2.68. The highest BCUT2D eigenvalue weighted by Gasteiger charge is 2.12. The Balaban J connectivity index is 1.89. The third-order valence-corrected chi connectivity index (χ3v) is 4.18. The van der Waals surface area contributed by atoms with Gasteiger partial charge in [-0.3, -0.25) is 9.59 Å². The number of para-hydroxylation sites is 1. The quantitative estimate of drug-likeness (QED) is 0.780. The van der Waals surface area contributed by atoms with E-state index in [1.165, 1.54) is 6.92 Å². The molecule has 2 amide bonds. The normalized spacial score (nSPS) is 9.96. The Morgan fingerprint density at radius 1 is 1.15 bits per heavy atom. The number of benzene rings is 2. The van der Waals surface area contributed by atoms with E-state index in [2.05, 4.69) is 5.32 Å². The monoisotopic (exact) mass is 365 g/mol. The minimum Gasteiger partial charge on any atom is -0.497 e. The highest BCUT2D eigenvalue weighted by Crippen LogP contribution is 2.15. The van der Waals surface area contributed by atoms with E-state index in [9.17, 15) is 9.59 Å². The van der Waals surface area contributed by atoms with Gasteiger partial charge in [0.2, 0.25) is 11.8 Å². The lowest BCUT2D eigenvalue weighted by Gasteiger charge is -2.21. The van der Waals surface area contributed by atoms with E-state index in [-0.39, 0.29) is 18.2 Å². The molecule has 0 heterocycles. The van der Waals surface area contributed by atoms with Crippen LogP contribution < -0.4 is 10.1 Å². The van der Waals surface area contributed by atoms with Crippen LogP contribution in [0.15, 0.2) is 48.5 Å². The topological polar surface area (TPSA) is 82.4 Å². The van der Waals surface area contributed by atoms with Gasteiger partial charge in [-0.2, -0.15) is 5.26 Å². The van der Waals surface area contributed by atoms with Crippen LogP contribution in [0.5, 0.6) is 5.75 Å². The summed E-state index contributed by atoms with van der Waals surface area (Å²) in [4.78, 5) is 25.7. The fourth-order valence-corrected chi connectivity index (χ4v) is 2.66. The Bertz CT molecular complexity index is 843. The molecule has 0 aliphatic heterocycles. The third kappa shape index (κ3) is 6.15. The van der Waals surface area contributed by atoms with Crippen LogP contribution in [0.2, 0.25) is 0 Å². The van der Waals surface area contributed by atoms with Crippen molar-refractivity contribution >= 4 is 17.5 Å². The molecule has 0 aliphatic rings. The Morgan fingerprint density at radius 2 is 1.93 bits per heavy atom. The summed E-state index contributed by atoms with van der Waals surface area (Å²) in [7, 11) is 1.62. The van der Waals surface area contributed by atoms with Crippen molar-refractivity contribution in [3.05, 3.63) is 59.7 Å². The van der Waals surface area contributed by atoms with Gasteiger partial charge < -0.3 is 15.0 Å². The zero-order valence-electron chi connectivity index (χ0n) is 15.6. The standard InChI is InChI=1S/C21H23N3O3/c1-16(25)24(12-10-17-6-5-8-19(14-17)27-2)13-11-21(26)23-20-9-4-3-7-18(20)15-22/h3-9,14H,10-13H2,1-2H3,(H,23,26). The second-order valence-electron chi connectivity index (χ2n) is 6.06. The fraction of sp³-hybridized carbons (Fsp3) is 0.286. The number of ether oxygens (including phenoxy) is 1. The number of nitrogens with zero attached hydrogens (tertiary/aromatic N) is 2. The highest BCUT2D eigenvalue weighted by atomic mass is 16.5. The summed E-state index contributed by atoms with van der Waals surface area (Å²) < 4.78 is 5.21. The van der Waals surface area contributed by atoms with Gasteiger partial charge in [-0.15, -0.1) is 0 Å². The molecule has 0 aliphatic carbocycles. The molecule has 140 valence electrons. The molecule has 6 heteroatoms. The van der Waals surface area contributed by atoms with Crippen LogP contribution in [0.1, 0.15) is 24.5 Å². The molecule has 1 N–H and O–H groups in total. The van der Waals surface area contributed by atoms with E-state index in [0.717, 1.165) is 11.3 Å². The molecule has 27 heavy (non-hydrogen) atoms. The zero-order valence-corrected chi connectivity index (χ0v) is 15.6. The van der Waals surface area contributed by atoms with Crippen molar-refractivity contribution in [2.75, 3.05) is 25.5 Å². The van der Waals surface area contributed by atoms with Crippen LogP contribution in [0, 0.1) is 11.3 Å². The summed E-state index contributed by atoms with van der Waals surface area (Å²) in [6.07, 6.45) is 0.840. The van der Waals surface area contributed by atoms with Crippen molar-refractivity contribution in [3.63, 3.8) is 0 Å². The number of hydrogen-bond donors (Lipinski definition) is 1. The Morgan fingerprint density at radius 3 is 2.63 bits per heavy atom. The molecule has 0 atom stereocenters. The van der Waals surface area contributed by atoms with Gasteiger partial charge >= 0.3 is 0 Å². The SMILES string of the molecule is COc1cccc(CCN(CCC(=O)Nc2ccccc2C#N)C(C)=O)c1. The van der Waals surface area contributed by atoms with Crippen molar-refractivity contribution in [3.8, 4) is 11.8 Å². The molecule has 2 aromatic carbocycles. The number of nitrogens with one attached hydrogen (secondary N) is 1. The van der Waals surface area contributed by atoms with Crippen LogP contribution in [0.25, 0.3) is 0 Å². The van der Waals surface area contributed by atoms with Gasteiger partial charge in [0, 0.05) is 26.4 Å². The second kappa shape index (κ2) is 9.97. The van der Waals surface area contributed by atoms with Crippen LogP contribution >= 0.6 is 0 Å². The molecular formula is C21H23N3O3. The van der Waals surface area contributed by atoms with Crippen molar-refractivity contribution in [1.29, 1.82) is 5.26 Å². The second-order valence-corrected chi connectivity index (χ2v) is 6.06. The highest BCUT2D eigenvalue weighted by molar-refractivity contribution is 5.92. The van der Waals surface area contributed by atoms with Crippen LogP contribution in [-0.4, -0.2) is 36.9 Å². The molecule has 0 aromatic heterocycles. The van der Waals surface area contributed by atoms with Gasteiger partial charge in [0.15, 0.2) is 0 Å². The molecule has 2 rings (SSSR count). The minimum absolute atomic E-state index is 0.0804. The lowest BCUT2D eigenvalue weighted by atomic mass is 10.1. The van der Waals surface area contributed by atoms with Gasteiger partial charge in [0.25, 0.3) is 0 Å². The summed E-state index contributed by atoms with van der Waals surface area (Å²) in [6, 6.07) is 16.6. The van der Waals surface area contributed by atoms with E-state index >= 15 is 0 Å². The fourth-order valence-electron chi connectivity index (χ4n) is 2.66. The van der Waals surface area contributed by atoms with Gasteiger partial charge in [-0.05, 0) is 36.2 Å². The number of carbonyl (C=O) groups excluding carboxylic acids is 2. The van der Waals surface area contributed by atoms with Crippen LogP contribution in [0.4, 0.5) is 5.69 Å². The molecule has 2 aromatic rings.